The molecule has 2 N–H and O–H groups in total. The zero-order valence-corrected chi connectivity index (χ0v) is 22.2. The van der Waals surface area contributed by atoms with Crippen LogP contribution >= 0.6 is 0 Å². The molecule has 186 valence electrons. The van der Waals surface area contributed by atoms with Crippen LogP contribution in [0.5, 0.6) is 5.75 Å². The highest BCUT2D eigenvalue weighted by atomic mass is 16.5. The van der Waals surface area contributed by atoms with Crippen molar-refractivity contribution in [2.24, 2.45) is 22.2 Å². The summed E-state index contributed by atoms with van der Waals surface area (Å²) < 4.78 is 5.53. The highest BCUT2D eigenvalue weighted by molar-refractivity contribution is 5.92. The first-order chi connectivity index (χ1) is 16.3. The molecule has 0 radical (unpaired) electrons. The van der Waals surface area contributed by atoms with Crippen molar-refractivity contribution >= 4 is 17.5 Å². The maximum atomic E-state index is 12.9. The van der Waals surface area contributed by atoms with Crippen LogP contribution in [0.25, 0.3) is 0 Å². The first-order valence-corrected chi connectivity index (χ1v) is 13.0. The van der Waals surface area contributed by atoms with Gasteiger partial charge in [-0.2, -0.15) is 0 Å². The topological polar surface area (TPSA) is 76.1 Å². The fourth-order valence-corrected chi connectivity index (χ4v) is 6.84. The molecule has 6 nitrogen and oxygen atoms in total. The number of ether oxygens (including phenoxy) is 1. The lowest BCUT2D eigenvalue weighted by Crippen LogP contribution is -2.54. The summed E-state index contributed by atoms with van der Waals surface area (Å²) >= 11 is 0. The van der Waals surface area contributed by atoms with E-state index in [9.17, 15) is 4.79 Å². The van der Waals surface area contributed by atoms with Crippen LogP contribution in [0.3, 0.4) is 0 Å². The average Bonchev–Trinajstić information content (AvgIpc) is 3.08. The third-order valence-corrected chi connectivity index (χ3v) is 8.64. The monoisotopic (exact) mass is 466 g/mol. The molecule has 4 atom stereocenters. The second kappa shape index (κ2) is 9.93. The van der Waals surface area contributed by atoms with E-state index >= 15 is 0 Å². The summed E-state index contributed by atoms with van der Waals surface area (Å²) in [6, 6.07) is 9.55. The quantitative estimate of drug-likeness (QED) is 0.500. The summed E-state index contributed by atoms with van der Waals surface area (Å²) in [5.41, 5.74) is 2.49. The van der Waals surface area contributed by atoms with Gasteiger partial charge >= 0.3 is 0 Å². The molecule has 3 fully saturated rings. The predicted octanol–water partition coefficient (Wildman–Crippen LogP) is 6.62. The normalized spacial score (nSPS) is 28.9. The van der Waals surface area contributed by atoms with Gasteiger partial charge in [-0.15, -0.1) is 0 Å². The summed E-state index contributed by atoms with van der Waals surface area (Å²) in [6.45, 7) is 17.8. The molecule has 3 unspecified atom stereocenters. The van der Waals surface area contributed by atoms with Crippen molar-refractivity contribution in [1.29, 1.82) is 0 Å². The van der Waals surface area contributed by atoms with Gasteiger partial charge in [-0.3, -0.25) is 4.79 Å². The van der Waals surface area contributed by atoms with Crippen LogP contribution in [0.4, 0.5) is 11.6 Å². The Morgan fingerprint density at radius 2 is 1.88 bits per heavy atom. The summed E-state index contributed by atoms with van der Waals surface area (Å²) in [5, 5.41) is 6.41. The van der Waals surface area contributed by atoms with E-state index in [0.717, 1.165) is 17.9 Å². The van der Waals surface area contributed by atoms with Gasteiger partial charge in [0.2, 0.25) is 5.95 Å². The molecule has 34 heavy (non-hydrogen) atoms. The predicted molar refractivity (Wildman–Crippen MR) is 139 cm³/mol. The molecular formula is C28H42N4O2. The second-order valence-corrected chi connectivity index (χ2v) is 9.71. The number of amides is 1. The summed E-state index contributed by atoms with van der Waals surface area (Å²) in [5.74, 6) is 1.66. The van der Waals surface area contributed by atoms with Gasteiger partial charge in [-0.1, -0.05) is 54.5 Å². The standard InChI is InChI=1S/C24H30N4O2.2C2H6/c1-5-30-16-8-6-7-15(13-16)26-21-25-12-10-18(28-21)20(29)27-19-14-24-17(19)9-11-23(24,4)22(24,2)3;2*1-2/h6-8,10,12-13,17,19H,5,9,11,14H2,1-4H3,(H,27,29)(H,25,26,28);2*1-2H3/t17?,19?,23-,24?;;/m1../s1. The Labute approximate surface area is 205 Å². The van der Waals surface area contributed by atoms with Crippen LogP contribution in [-0.4, -0.2) is 28.5 Å². The fourth-order valence-electron chi connectivity index (χ4n) is 6.84. The number of hydrogen-bond donors (Lipinski definition) is 2. The lowest BCUT2D eigenvalue weighted by atomic mass is 9.62. The van der Waals surface area contributed by atoms with Crippen LogP contribution in [0, 0.1) is 22.2 Å². The lowest BCUT2D eigenvalue weighted by Gasteiger charge is -2.47. The minimum atomic E-state index is -0.115. The number of aromatic nitrogens is 2. The molecule has 5 rings (SSSR count). The maximum Gasteiger partial charge on any atom is 0.270 e. The highest BCUT2D eigenvalue weighted by Gasteiger charge is 2.88. The minimum absolute atomic E-state index is 0.115. The molecule has 1 spiro atoms. The van der Waals surface area contributed by atoms with E-state index in [1.54, 1.807) is 12.3 Å². The average molecular weight is 467 g/mol. The van der Waals surface area contributed by atoms with E-state index in [-0.39, 0.29) is 11.9 Å². The molecule has 0 bridgehead atoms. The molecule has 3 aliphatic carbocycles. The van der Waals surface area contributed by atoms with E-state index in [1.807, 2.05) is 58.9 Å². The zero-order valence-electron chi connectivity index (χ0n) is 22.2. The van der Waals surface area contributed by atoms with Crippen LogP contribution < -0.4 is 15.4 Å². The molecule has 2 aromatic rings. The number of carbonyl (C=O) groups excluding carboxylic acids is 1. The zero-order chi connectivity index (χ0) is 25.1. The summed E-state index contributed by atoms with van der Waals surface area (Å²) in [6.07, 6.45) is 5.21. The SMILES string of the molecule is CC.CC.CCOc1cccc(Nc2nccc(C(=O)NC3CC45C3CC[C@]4(C)C5(C)C)n2)c1. The van der Waals surface area contributed by atoms with Crippen molar-refractivity contribution in [1.82, 2.24) is 15.3 Å². The number of carbonyl (C=O) groups is 1. The van der Waals surface area contributed by atoms with Crippen molar-refractivity contribution < 1.29 is 9.53 Å². The van der Waals surface area contributed by atoms with E-state index in [1.165, 1.54) is 12.8 Å². The van der Waals surface area contributed by atoms with E-state index in [0.29, 0.717) is 40.4 Å². The Kier molecular flexibility index (Phi) is 7.59. The van der Waals surface area contributed by atoms with Gasteiger partial charge in [-0.25, -0.2) is 9.97 Å². The van der Waals surface area contributed by atoms with Gasteiger partial charge in [0.15, 0.2) is 0 Å². The summed E-state index contributed by atoms with van der Waals surface area (Å²) in [4.78, 5) is 21.6. The van der Waals surface area contributed by atoms with E-state index in [2.05, 4.69) is 41.4 Å². The molecule has 0 aliphatic heterocycles. The largest absolute Gasteiger partial charge is 0.494 e. The minimum Gasteiger partial charge on any atom is -0.494 e. The van der Waals surface area contributed by atoms with Crippen LogP contribution in [-0.2, 0) is 0 Å². The van der Waals surface area contributed by atoms with E-state index in [4.69, 9.17) is 4.74 Å². The smallest absolute Gasteiger partial charge is 0.270 e. The molecule has 1 aromatic heterocycles. The Bertz CT molecular complexity index is 1010. The van der Waals surface area contributed by atoms with Crippen LogP contribution in [0.15, 0.2) is 36.5 Å². The highest BCUT2D eigenvalue weighted by Crippen LogP contribution is 2.92. The van der Waals surface area contributed by atoms with Crippen LogP contribution in [0.2, 0.25) is 0 Å². The molecule has 0 saturated heterocycles. The fraction of sp³-hybridized carbons (Fsp3) is 0.607. The second-order valence-electron chi connectivity index (χ2n) is 9.71. The third-order valence-electron chi connectivity index (χ3n) is 8.64. The lowest BCUT2D eigenvalue weighted by molar-refractivity contribution is 0.0467. The van der Waals surface area contributed by atoms with Gasteiger partial charge in [0.1, 0.15) is 11.4 Å². The molecule has 3 aliphatic rings. The first-order valence-electron chi connectivity index (χ1n) is 13.0. The number of hydrogen-bond acceptors (Lipinski definition) is 5. The number of benzene rings is 1. The van der Waals surface area contributed by atoms with Gasteiger partial charge < -0.3 is 15.4 Å². The molecule has 3 saturated carbocycles. The number of nitrogens with zero attached hydrogens (tertiary/aromatic N) is 2. The molecule has 1 aromatic carbocycles. The third kappa shape index (κ3) is 3.85. The molecule has 1 heterocycles. The van der Waals surface area contributed by atoms with Crippen molar-refractivity contribution in [3.05, 3.63) is 42.2 Å². The van der Waals surface area contributed by atoms with Crippen molar-refractivity contribution in [3.8, 4) is 5.75 Å². The number of anilines is 2. The Hall–Kier alpha value is -2.63. The molecule has 6 heteroatoms. The van der Waals surface area contributed by atoms with Gasteiger partial charge in [0.05, 0.1) is 6.61 Å². The van der Waals surface area contributed by atoms with E-state index < -0.39 is 0 Å². The molecule has 1 amide bonds. The number of rotatable bonds is 6. The van der Waals surface area contributed by atoms with Crippen LogP contribution in [0.1, 0.15) is 85.1 Å². The summed E-state index contributed by atoms with van der Waals surface area (Å²) in [7, 11) is 0. The maximum absolute atomic E-state index is 12.9. The Morgan fingerprint density at radius 1 is 1.15 bits per heavy atom. The van der Waals surface area contributed by atoms with Gasteiger partial charge in [0.25, 0.3) is 5.91 Å². The number of nitrogens with one attached hydrogen (secondary N) is 2. The first kappa shape index (κ1) is 26.0. The Morgan fingerprint density at radius 3 is 2.56 bits per heavy atom. The van der Waals surface area contributed by atoms with Gasteiger partial charge in [-0.05, 0) is 66.5 Å². The Balaban J connectivity index is 0.000000771. The van der Waals surface area contributed by atoms with Crippen molar-refractivity contribution in [2.45, 2.75) is 80.7 Å². The van der Waals surface area contributed by atoms with Crippen molar-refractivity contribution in [2.75, 3.05) is 11.9 Å². The molecular weight excluding hydrogens is 424 g/mol. The van der Waals surface area contributed by atoms with Crippen molar-refractivity contribution in [3.63, 3.8) is 0 Å². The van der Waals surface area contributed by atoms with Gasteiger partial charge in [0, 0.05) is 24.0 Å².